The van der Waals surface area contributed by atoms with Crippen LogP contribution in [0.5, 0.6) is 11.5 Å². The third kappa shape index (κ3) is 12.3. The number of nitrogens with zero attached hydrogens (tertiary/aromatic N) is 1. The predicted molar refractivity (Wildman–Crippen MR) is 130 cm³/mol. The number of unbranched alkanes of at least 4 members (excludes halogenated alkanes) is 4. The maximum Gasteiger partial charge on any atom is 0.125 e. The summed E-state index contributed by atoms with van der Waals surface area (Å²) in [6.45, 7) is 10.1. The van der Waals surface area contributed by atoms with Crippen LogP contribution >= 0.6 is 31.9 Å². The number of hydrogen-bond donors (Lipinski definition) is 0. The molecule has 0 amide bonds. The van der Waals surface area contributed by atoms with Gasteiger partial charge >= 0.3 is 0 Å². The molecule has 0 radical (unpaired) electrons. The molecule has 164 valence electrons. The van der Waals surface area contributed by atoms with Crippen molar-refractivity contribution in [3.8, 4) is 11.5 Å². The Labute approximate surface area is 193 Å². The summed E-state index contributed by atoms with van der Waals surface area (Å²) < 4.78 is 12.9. The second kappa shape index (κ2) is 15.8. The van der Waals surface area contributed by atoms with Gasteiger partial charge in [0.1, 0.15) is 24.7 Å². The summed E-state index contributed by atoms with van der Waals surface area (Å²) in [4.78, 5) is 5.22. The normalized spacial score (nSPS) is 10.4. The average Bonchev–Trinajstić information content (AvgIpc) is 2.64. The second-order valence-electron chi connectivity index (χ2n) is 7.27. The molecule has 0 aliphatic rings. The van der Waals surface area contributed by atoms with Gasteiger partial charge < -0.3 is 14.3 Å². The first-order valence-corrected chi connectivity index (χ1v) is 12.1. The van der Waals surface area contributed by atoms with E-state index in [1.807, 2.05) is 19.9 Å². The van der Waals surface area contributed by atoms with Crippen molar-refractivity contribution >= 4 is 37.6 Å². The van der Waals surface area contributed by atoms with Crippen molar-refractivity contribution in [2.24, 2.45) is 5.16 Å². The molecule has 0 fully saturated rings. The van der Waals surface area contributed by atoms with Crippen molar-refractivity contribution in [1.29, 1.82) is 0 Å². The number of halogens is 2. The molecule has 0 heterocycles. The van der Waals surface area contributed by atoms with Crippen molar-refractivity contribution in [1.82, 2.24) is 0 Å². The monoisotopic (exact) mass is 531 g/mol. The lowest BCUT2D eigenvalue weighted by atomic mass is 10.0. The summed E-state index contributed by atoms with van der Waals surface area (Å²) in [6.07, 6.45) is 9.67. The Kier molecular flexibility index (Phi) is 14.2. The van der Waals surface area contributed by atoms with Crippen LogP contribution in [0.3, 0.4) is 0 Å². The van der Waals surface area contributed by atoms with Gasteiger partial charge in [0.05, 0.1) is 15.7 Å². The molecule has 0 unspecified atom stereocenters. The molecule has 4 nitrogen and oxygen atoms in total. The first-order chi connectivity index (χ1) is 13.9. The van der Waals surface area contributed by atoms with Crippen LogP contribution < -0.4 is 9.47 Å². The van der Waals surface area contributed by atoms with Gasteiger partial charge in [-0.25, -0.2) is 0 Å². The van der Waals surface area contributed by atoms with E-state index in [-0.39, 0.29) is 0 Å². The number of benzene rings is 1. The third-order valence-corrected chi connectivity index (χ3v) is 4.85. The number of ether oxygens (including phenoxy) is 2. The summed E-state index contributed by atoms with van der Waals surface area (Å²) in [6, 6.07) is 4.17. The standard InChI is InChI=1S/C23H35Br2NO3/c1-5-11-20-17-21(27-15-12-22(24)25)16-19(4)23(20)28-13-9-7-6-8-10-14-29-26-18(2)3/h12,16-17H,5-11,13-15H2,1-4H3. The van der Waals surface area contributed by atoms with Crippen LogP contribution in [0.15, 0.2) is 26.8 Å². The van der Waals surface area contributed by atoms with Crippen LogP contribution in [0, 0.1) is 6.92 Å². The van der Waals surface area contributed by atoms with Crippen molar-refractivity contribution in [3.05, 3.63) is 32.7 Å². The average molecular weight is 533 g/mol. The fourth-order valence-electron chi connectivity index (χ4n) is 2.90. The molecule has 1 aromatic rings. The molecular formula is C23H35Br2NO3. The van der Waals surface area contributed by atoms with Gasteiger partial charge in [0.25, 0.3) is 0 Å². The van der Waals surface area contributed by atoms with Crippen LogP contribution in [0.2, 0.25) is 0 Å². The van der Waals surface area contributed by atoms with Gasteiger partial charge in [-0.1, -0.05) is 31.3 Å². The highest BCUT2D eigenvalue weighted by Gasteiger charge is 2.10. The first-order valence-electron chi connectivity index (χ1n) is 10.5. The van der Waals surface area contributed by atoms with Crippen LogP contribution in [0.1, 0.15) is 70.4 Å². The topological polar surface area (TPSA) is 40.0 Å². The van der Waals surface area contributed by atoms with E-state index in [0.717, 1.165) is 58.5 Å². The maximum atomic E-state index is 6.16. The quantitative estimate of drug-likeness (QED) is 0.132. The van der Waals surface area contributed by atoms with E-state index in [4.69, 9.17) is 14.3 Å². The lowest BCUT2D eigenvalue weighted by molar-refractivity contribution is 0.139. The van der Waals surface area contributed by atoms with Crippen LogP contribution in [0.4, 0.5) is 0 Å². The molecule has 1 aromatic carbocycles. The Morgan fingerprint density at radius 3 is 2.34 bits per heavy atom. The van der Waals surface area contributed by atoms with E-state index < -0.39 is 0 Å². The molecule has 0 N–H and O–H groups in total. The number of aryl methyl sites for hydroxylation is 2. The Bertz CT molecular complexity index is 652. The van der Waals surface area contributed by atoms with Gasteiger partial charge in [0.2, 0.25) is 0 Å². The molecule has 0 saturated heterocycles. The minimum absolute atomic E-state index is 0.520. The highest BCUT2D eigenvalue weighted by Crippen LogP contribution is 2.30. The zero-order valence-corrected chi connectivity index (χ0v) is 21.4. The number of oxime groups is 1. The molecule has 0 bridgehead atoms. The molecule has 0 aliphatic heterocycles. The van der Waals surface area contributed by atoms with Gasteiger partial charge in [-0.2, -0.15) is 0 Å². The van der Waals surface area contributed by atoms with Crippen molar-refractivity contribution in [3.63, 3.8) is 0 Å². The predicted octanol–water partition coefficient (Wildman–Crippen LogP) is 7.70. The highest BCUT2D eigenvalue weighted by atomic mass is 79.9. The van der Waals surface area contributed by atoms with Gasteiger partial charge in [-0.15, -0.1) is 0 Å². The SMILES string of the molecule is CCCc1cc(OCC=C(Br)Br)cc(C)c1OCCCCCCCON=C(C)C. The van der Waals surface area contributed by atoms with Gasteiger partial charge in [0.15, 0.2) is 0 Å². The van der Waals surface area contributed by atoms with Crippen molar-refractivity contribution in [2.45, 2.75) is 72.6 Å². The second-order valence-corrected chi connectivity index (χ2v) is 10.0. The van der Waals surface area contributed by atoms with Gasteiger partial charge in [0, 0.05) is 0 Å². The molecule has 6 heteroatoms. The molecule has 0 saturated carbocycles. The summed E-state index contributed by atoms with van der Waals surface area (Å²) in [7, 11) is 0. The van der Waals surface area contributed by atoms with Crippen LogP contribution in [-0.2, 0) is 11.3 Å². The smallest absolute Gasteiger partial charge is 0.125 e. The molecule has 0 spiro atoms. The van der Waals surface area contributed by atoms with E-state index in [9.17, 15) is 0 Å². The minimum Gasteiger partial charge on any atom is -0.493 e. The lowest BCUT2D eigenvalue weighted by Crippen LogP contribution is -2.04. The summed E-state index contributed by atoms with van der Waals surface area (Å²) in [5.74, 6) is 1.92. The zero-order chi connectivity index (χ0) is 21.5. The lowest BCUT2D eigenvalue weighted by Gasteiger charge is -2.16. The fourth-order valence-corrected chi connectivity index (χ4v) is 3.17. The number of hydrogen-bond acceptors (Lipinski definition) is 4. The van der Waals surface area contributed by atoms with E-state index >= 15 is 0 Å². The van der Waals surface area contributed by atoms with Crippen molar-refractivity contribution in [2.75, 3.05) is 19.8 Å². The molecular weight excluding hydrogens is 498 g/mol. The van der Waals surface area contributed by atoms with E-state index in [2.05, 4.69) is 63.0 Å². The Morgan fingerprint density at radius 2 is 1.69 bits per heavy atom. The van der Waals surface area contributed by atoms with E-state index in [1.165, 1.54) is 24.8 Å². The Hall–Kier alpha value is -1.01. The number of rotatable bonds is 15. The molecule has 0 aliphatic carbocycles. The zero-order valence-electron chi connectivity index (χ0n) is 18.2. The van der Waals surface area contributed by atoms with Crippen molar-refractivity contribution < 1.29 is 14.3 Å². The van der Waals surface area contributed by atoms with Gasteiger partial charge in [-0.05, 0) is 108 Å². The van der Waals surface area contributed by atoms with E-state index in [1.54, 1.807) is 0 Å². The molecule has 0 aromatic heterocycles. The molecule has 1 rings (SSSR count). The van der Waals surface area contributed by atoms with Crippen LogP contribution in [-0.4, -0.2) is 25.5 Å². The minimum atomic E-state index is 0.520. The Balaban J connectivity index is 2.40. The third-order valence-electron chi connectivity index (χ3n) is 4.21. The highest BCUT2D eigenvalue weighted by molar-refractivity contribution is 9.28. The fraction of sp³-hybridized carbons (Fsp3) is 0.609. The first kappa shape index (κ1) is 26.0. The van der Waals surface area contributed by atoms with Gasteiger partial charge in [-0.3, -0.25) is 0 Å². The summed E-state index contributed by atoms with van der Waals surface area (Å²) >= 11 is 6.69. The largest absolute Gasteiger partial charge is 0.493 e. The molecule has 0 atom stereocenters. The summed E-state index contributed by atoms with van der Waals surface area (Å²) in [5.41, 5.74) is 3.33. The van der Waals surface area contributed by atoms with Crippen LogP contribution in [0.25, 0.3) is 0 Å². The Morgan fingerprint density at radius 1 is 1.00 bits per heavy atom. The maximum absolute atomic E-state index is 6.16. The van der Waals surface area contributed by atoms with E-state index in [0.29, 0.717) is 13.2 Å². The molecule has 29 heavy (non-hydrogen) atoms. The summed E-state index contributed by atoms with van der Waals surface area (Å²) in [5, 5.41) is 3.95.